The molecule has 0 saturated carbocycles. The van der Waals surface area contributed by atoms with Crippen molar-refractivity contribution in [3.8, 4) is 5.75 Å². The molecule has 3 nitrogen and oxygen atoms in total. The van der Waals surface area contributed by atoms with Crippen LogP contribution in [0.5, 0.6) is 5.75 Å². The first-order valence-corrected chi connectivity index (χ1v) is 3.15. The molecule has 0 amide bonds. The zero-order valence-corrected chi connectivity index (χ0v) is 6.03. The van der Waals surface area contributed by atoms with Gasteiger partial charge in [-0.25, -0.2) is 4.39 Å². The molecule has 0 aromatic heterocycles. The van der Waals surface area contributed by atoms with Gasteiger partial charge in [0.1, 0.15) is 12.0 Å². The second-order valence-electron chi connectivity index (χ2n) is 2.03. The minimum absolute atomic E-state index is 0.179. The van der Waals surface area contributed by atoms with E-state index in [1.54, 1.807) is 0 Å². The monoisotopic (exact) mass is 167 g/mol. The standard InChI is InChI=1S/C7H5BFO3/c9-6-2-1-5(4-10)3-7(6)12-8-11/h1-4,11H. The molecule has 1 N–H and O–H groups in total. The quantitative estimate of drug-likeness (QED) is 0.527. The summed E-state index contributed by atoms with van der Waals surface area (Å²) in [5.41, 5.74) is 0.285. The molecule has 0 spiro atoms. The number of aldehydes is 1. The fraction of sp³-hybridized carbons (Fsp3) is 0. The second-order valence-corrected chi connectivity index (χ2v) is 2.03. The molecule has 1 radical (unpaired) electrons. The normalized spacial score (nSPS) is 9.17. The van der Waals surface area contributed by atoms with Crippen molar-refractivity contribution in [2.24, 2.45) is 0 Å². The molecule has 1 aromatic rings. The third-order valence-electron chi connectivity index (χ3n) is 1.27. The minimum atomic E-state index is -0.633. The van der Waals surface area contributed by atoms with Gasteiger partial charge >= 0.3 is 7.69 Å². The molecule has 0 atom stereocenters. The van der Waals surface area contributed by atoms with Crippen LogP contribution in [0.15, 0.2) is 18.2 Å². The number of carbonyl (C=O) groups excluding carboxylic acids is 1. The third kappa shape index (κ3) is 1.82. The summed E-state index contributed by atoms with van der Waals surface area (Å²) in [7, 11) is 0.354. The van der Waals surface area contributed by atoms with E-state index < -0.39 is 5.82 Å². The zero-order valence-electron chi connectivity index (χ0n) is 6.03. The largest absolute Gasteiger partial charge is 0.569 e. The molecular weight excluding hydrogens is 162 g/mol. The van der Waals surface area contributed by atoms with E-state index in [0.29, 0.717) is 14.0 Å². The highest BCUT2D eigenvalue weighted by Gasteiger charge is 2.03. The molecule has 0 aliphatic rings. The molecule has 5 heteroatoms. The Hall–Kier alpha value is -1.36. The summed E-state index contributed by atoms with van der Waals surface area (Å²) < 4.78 is 17.1. The summed E-state index contributed by atoms with van der Waals surface area (Å²) in [6.45, 7) is 0. The SMILES string of the molecule is O=Cc1ccc(F)c(O[B]O)c1. The van der Waals surface area contributed by atoms with Gasteiger partial charge in [0.15, 0.2) is 5.82 Å². The van der Waals surface area contributed by atoms with Crippen LogP contribution in [-0.2, 0) is 0 Å². The van der Waals surface area contributed by atoms with Crippen molar-refractivity contribution >= 4 is 14.0 Å². The van der Waals surface area contributed by atoms with Crippen molar-refractivity contribution in [1.29, 1.82) is 0 Å². The van der Waals surface area contributed by atoms with Crippen LogP contribution in [0.2, 0.25) is 0 Å². The van der Waals surface area contributed by atoms with Crippen molar-refractivity contribution in [2.45, 2.75) is 0 Å². The van der Waals surface area contributed by atoms with E-state index in [9.17, 15) is 9.18 Å². The molecule has 0 unspecified atom stereocenters. The first-order valence-electron chi connectivity index (χ1n) is 3.15. The van der Waals surface area contributed by atoms with E-state index in [1.165, 1.54) is 12.1 Å². The Balaban J connectivity index is 2.99. The predicted molar refractivity (Wildman–Crippen MR) is 40.4 cm³/mol. The number of hydrogen-bond acceptors (Lipinski definition) is 3. The lowest BCUT2D eigenvalue weighted by molar-refractivity contribution is 0.112. The van der Waals surface area contributed by atoms with Crippen molar-refractivity contribution in [3.05, 3.63) is 29.6 Å². The Labute approximate surface area is 69.1 Å². The summed E-state index contributed by atoms with van der Waals surface area (Å²) in [4.78, 5) is 10.2. The van der Waals surface area contributed by atoms with E-state index in [-0.39, 0.29) is 11.3 Å². The molecular formula is C7H5BFO3. The van der Waals surface area contributed by atoms with E-state index in [2.05, 4.69) is 4.65 Å². The highest BCUT2D eigenvalue weighted by Crippen LogP contribution is 2.16. The van der Waals surface area contributed by atoms with E-state index in [4.69, 9.17) is 5.02 Å². The number of rotatable bonds is 3. The molecule has 0 aliphatic heterocycles. The molecule has 0 heterocycles. The molecule has 0 saturated heterocycles. The van der Waals surface area contributed by atoms with Gasteiger partial charge in [-0.15, -0.1) is 0 Å². The number of carbonyl (C=O) groups is 1. The predicted octanol–water partition coefficient (Wildman–Crippen LogP) is 0.544. The number of benzene rings is 1. The molecule has 0 fully saturated rings. The first kappa shape index (κ1) is 8.74. The van der Waals surface area contributed by atoms with Crippen LogP contribution in [0.4, 0.5) is 4.39 Å². The van der Waals surface area contributed by atoms with Crippen molar-refractivity contribution < 1.29 is 18.9 Å². The Bertz CT molecular complexity index is 290. The highest BCUT2D eigenvalue weighted by molar-refractivity contribution is 6.17. The maximum absolute atomic E-state index is 12.7. The lowest BCUT2D eigenvalue weighted by Gasteiger charge is -2.02. The smallest absolute Gasteiger partial charge is 0.535 e. The van der Waals surface area contributed by atoms with Gasteiger partial charge in [0.25, 0.3) is 0 Å². The van der Waals surface area contributed by atoms with Gasteiger partial charge in [-0.3, -0.25) is 4.79 Å². The van der Waals surface area contributed by atoms with E-state index in [1.807, 2.05) is 0 Å². The van der Waals surface area contributed by atoms with Gasteiger partial charge in [-0.05, 0) is 18.2 Å². The summed E-state index contributed by atoms with van der Waals surface area (Å²) in [5, 5.41) is 8.21. The van der Waals surface area contributed by atoms with Crippen LogP contribution in [0.3, 0.4) is 0 Å². The van der Waals surface area contributed by atoms with E-state index in [0.717, 1.165) is 6.07 Å². The van der Waals surface area contributed by atoms with E-state index >= 15 is 0 Å². The molecule has 1 rings (SSSR count). The average molecular weight is 167 g/mol. The fourth-order valence-electron chi connectivity index (χ4n) is 0.740. The second kappa shape index (κ2) is 3.87. The van der Waals surface area contributed by atoms with Gasteiger partial charge in [0, 0.05) is 5.56 Å². The maximum atomic E-state index is 12.7. The zero-order chi connectivity index (χ0) is 8.97. The third-order valence-corrected chi connectivity index (χ3v) is 1.27. The Morgan fingerprint density at radius 3 is 2.92 bits per heavy atom. The van der Waals surface area contributed by atoms with Crippen LogP contribution >= 0.6 is 0 Å². The lowest BCUT2D eigenvalue weighted by Crippen LogP contribution is -2.02. The Morgan fingerprint density at radius 1 is 1.58 bits per heavy atom. The summed E-state index contributed by atoms with van der Waals surface area (Å²) in [6.07, 6.45) is 0.559. The Morgan fingerprint density at radius 2 is 2.33 bits per heavy atom. The minimum Gasteiger partial charge on any atom is -0.535 e. The summed E-state index contributed by atoms with van der Waals surface area (Å²) in [6, 6.07) is 3.59. The van der Waals surface area contributed by atoms with Crippen LogP contribution in [0, 0.1) is 5.82 Å². The molecule has 12 heavy (non-hydrogen) atoms. The van der Waals surface area contributed by atoms with Crippen molar-refractivity contribution in [2.75, 3.05) is 0 Å². The highest BCUT2D eigenvalue weighted by atomic mass is 19.1. The number of halogens is 1. The Kier molecular flexibility index (Phi) is 2.82. The average Bonchev–Trinajstić information content (AvgIpc) is 2.09. The summed E-state index contributed by atoms with van der Waals surface area (Å²) >= 11 is 0. The van der Waals surface area contributed by atoms with Crippen LogP contribution in [0.1, 0.15) is 10.4 Å². The fourth-order valence-corrected chi connectivity index (χ4v) is 0.740. The molecule has 0 aliphatic carbocycles. The van der Waals surface area contributed by atoms with Gasteiger partial charge < -0.3 is 9.68 Å². The maximum Gasteiger partial charge on any atom is 0.569 e. The van der Waals surface area contributed by atoms with Gasteiger partial charge in [0.05, 0.1) is 0 Å². The molecule has 1 aromatic carbocycles. The topological polar surface area (TPSA) is 46.5 Å². The van der Waals surface area contributed by atoms with Crippen LogP contribution in [0.25, 0.3) is 0 Å². The summed E-state index contributed by atoms with van der Waals surface area (Å²) in [5.74, 6) is -0.812. The molecule has 61 valence electrons. The van der Waals surface area contributed by atoms with Crippen LogP contribution < -0.4 is 4.65 Å². The first-order chi connectivity index (χ1) is 5.77. The van der Waals surface area contributed by atoms with Crippen molar-refractivity contribution in [3.63, 3.8) is 0 Å². The molecule has 0 bridgehead atoms. The van der Waals surface area contributed by atoms with Crippen molar-refractivity contribution in [1.82, 2.24) is 0 Å². The van der Waals surface area contributed by atoms with Gasteiger partial charge in [-0.2, -0.15) is 0 Å². The van der Waals surface area contributed by atoms with Gasteiger partial charge in [-0.1, -0.05) is 0 Å². The lowest BCUT2D eigenvalue weighted by atomic mass is 10.2. The number of hydrogen-bond donors (Lipinski definition) is 1. The van der Waals surface area contributed by atoms with Gasteiger partial charge in [0.2, 0.25) is 0 Å². The van der Waals surface area contributed by atoms with Crippen LogP contribution in [-0.4, -0.2) is 19.0 Å².